The van der Waals surface area contributed by atoms with Gasteiger partial charge >= 0.3 is 0 Å². The minimum Gasteiger partial charge on any atom is -0.357 e. The van der Waals surface area contributed by atoms with Crippen molar-refractivity contribution >= 4 is 35.8 Å². The molecule has 0 aliphatic heterocycles. The zero-order valence-corrected chi connectivity index (χ0v) is 19.5. The summed E-state index contributed by atoms with van der Waals surface area (Å²) in [6.07, 6.45) is 0.950. The van der Waals surface area contributed by atoms with E-state index in [2.05, 4.69) is 53.7 Å². The van der Waals surface area contributed by atoms with Gasteiger partial charge in [0.25, 0.3) is 5.91 Å². The van der Waals surface area contributed by atoms with E-state index in [0.29, 0.717) is 12.1 Å². The Bertz CT molecular complexity index is 755. The van der Waals surface area contributed by atoms with Crippen molar-refractivity contribution in [2.45, 2.75) is 26.8 Å². The first kappa shape index (κ1) is 23.9. The molecule has 5 nitrogen and oxygen atoms in total. The fourth-order valence-electron chi connectivity index (χ4n) is 2.60. The fraction of sp³-hybridized carbons (Fsp3) is 0.364. The van der Waals surface area contributed by atoms with Crippen LogP contribution in [-0.4, -0.2) is 44.0 Å². The molecule has 0 bridgehead atoms. The minimum absolute atomic E-state index is 0. The van der Waals surface area contributed by atoms with Gasteiger partial charge in [0.2, 0.25) is 0 Å². The van der Waals surface area contributed by atoms with Crippen LogP contribution in [0.3, 0.4) is 0 Å². The summed E-state index contributed by atoms with van der Waals surface area (Å²) >= 11 is 0. The van der Waals surface area contributed by atoms with Crippen molar-refractivity contribution in [1.82, 2.24) is 15.5 Å². The molecule has 2 rings (SSSR count). The Kier molecular flexibility index (Phi) is 10.6. The third-order valence-electron chi connectivity index (χ3n) is 4.20. The number of halogens is 1. The monoisotopic (exact) mass is 494 g/mol. The molecule has 152 valence electrons. The normalized spacial score (nSPS) is 10.8. The number of guanidine groups is 1. The zero-order chi connectivity index (χ0) is 19.6. The second-order valence-electron chi connectivity index (χ2n) is 6.75. The van der Waals surface area contributed by atoms with Crippen LogP contribution in [0, 0.1) is 6.92 Å². The van der Waals surface area contributed by atoms with Gasteiger partial charge < -0.3 is 15.5 Å². The highest BCUT2D eigenvalue weighted by Gasteiger charge is 2.07. The molecule has 0 fully saturated rings. The van der Waals surface area contributed by atoms with Crippen LogP contribution in [0.15, 0.2) is 53.5 Å². The van der Waals surface area contributed by atoms with Crippen LogP contribution in [0.4, 0.5) is 0 Å². The number of hydrogen-bond acceptors (Lipinski definition) is 2. The molecule has 1 amide bonds. The number of nitrogens with one attached hydrogen (secondary N) is 2. The second-order valence-corrected chi connectivity index (χ2v) is 6.75. The third kappa shape index (κ3) is 7.88. The van der Waals surface area contributed by atoms with E-state index < -0.39 is 0 Å². The van der Waals surface area contributed by atoms with Crippen LogP contribution in [0.2, 0.25) is 0 Å². The van der Waals surface area contributed by atoms with Crippen LogP contribution in [0.1, 0.15) is 34.0 Å². The third-order valence-corrected chi connectivity index (χ3v) is 4.20. The Balaban J connectivity index is 0.00000392. The van der Waals surface area contributed by atoms with Crippen LogP contribution in [0.25, 0.3) is 0 Å². The Morgan fingerprint density at radius 2 is 1.57 bits per heavy atom. The lowest BCUT2D eigenvalue weighted by atomic mass is 10.1. The van der Waals surface area contributed by atoms with E-state index in [0.717, 1.165) is 31.0 Å². The summed E-state index contributed by atoms with van der Waals surface area (Å²) in [5.74, 6) is 0.814. The summed E-state index contributed by atoms with van der Waals surface area (Å²) in [7, 11) is 3.51. The maximum Gasteiger partial charge on any atom is 0.253 e. The van der Waals surface area contributed by atoms with Crippen molar-refractivity contribution in [3.63, 3.8) is 0 Å². The first-order chi connectivity index (χ1) is 13.0. The number of benzene rings is 2. The van der Waals surface area contributed by atoms with Crippen molar-refractivity contribution in [3.05, 3.63) is 70.8 Å². The van der Waals surface area contributed by atoms with Crippen LogP contribution in [-0.2, 0) is 13.0 Å². The van der Waals surface area contributed by atoms with E-state index in [1.807, 2.05) is 24.3 Å². The van der Waals surface area contributed by atoms with Crippen molar-refractivity contribution < 1.29 is 4.79 Å². The molecule has 28 heavy (non-hydrogen) atoms. The lowest BCUT2D eigenvalue weighted by Gasteiger charge is -2.12. The average molecular weight is 494 g/mol. The van der Waals surface area contributed by atoms with Gasteiger partial charge in [0.15, 0.2) is 5.96 Å². The quantitative estimate of drug-likeness (QED) is 0.351. The smallest absolute Gasteiger partial charge is 0.253 e. The van der Waals surface area contributed by atoms with E-state index >= 15 is 0 Å². The summed E-state index contributed by atoms with van der Waals surface area (Å²) in [5.41, 5.74) is 4.35. The zero-order valence-electron chi connectivity index (χ0n) is 17.2. The molecule has 0 saturated carbocycles. The second kappa shape index (κ2) is 12.4. The Morgan fingerprint density at radius 3 is 2.14 bits per heavy atom. The summed E-state index contributed by atoms with van der Waals surface area (Å²) in [5, 5.41) is 6.65. The molecule has 0 aliphatic carbocycles. The van der Waals surface area contributed by atoms with Crippen molar-refractivity contribution in [3.8, 4) is 0 Å². The Labute approximate surface area is 185 Å². The van der Waals surface area contributed by atoms with Crippen molar-refractivity contribution in [2.24, 2.45) is 4.99 Å². The van der Waals surface area contributed by atoms with E-state index in [-0.39, 0.29) is 29.9 Å². The molecular formula is C22H31IN4O. The number of aliphatic imine (C=N–C) groups is 1. The number of carbonyl (C=O) groups excluding carboxylic acids is 1. The van der Waals surface area contributed by atoms with Gasteiger partial charge in [0.05, 0.1) is 6.54 Å². The van der Waals surface area contributed by atoms with E-state index in [4.69, 9.17) is 0 Å². The molecule has 0 radical (unpaired) electrons. The average Bonchev–Trinajstić information content (AvgIpc) is 2.67. The molecule has 2 aromatic rings. The largest absolute Gasteiger partial charge is 0.357 e. The molecular weight excluding hydrogens is 463 g/mol. The van der Waals surface area contributed by atoms with Crippen molar-refractivity contribution in [2.75, 3.05) is 27.2 Å². The lowest BCUT2D eigenvalue weighted by molar-refractivity contribution is 0.0827. The summed E-state index contributed by atoms with van der Waals surface area (Å²) in [4.78, 5) is 18.2. The van der Waals surface area contributed by atoms with Gasteiger partial charge in [-0.15, -0.1) is 24.0 Å². The van der Waals surface area contributed by atoms with E-state index in [1.165, 1.54) is 11.1 Å². The van der Waals surface area contributed by atoms with Gasteiger partial charge in [0.1, 0.15) is 0 Å². The molecule has 0 spiro atoms. The summed E-state index contributed by atoms with van der Waals surface area (Å²) in [6.45, 7) is 6.36. The van der Waals surface area contributed by atoms with Gasteiger partial charge in [-0.2, -0.15) is 0 Å². The fourth-order valence-corrected chi connectivity index (χ4v) is 2.60. The predicted octanol–water partition coefficient (Wildman–Crippen LogP) is 3.61. The number of aryl methyl sites for hydroxylation is 1. The molecule has 0 heterocycles. The first-order valence-electron chi connectivity index (χ1n) is 9.38. The number of rotatable bonds is 7. The van der Waals surface area contributed by atoms with Crippen LogP contribution in [0.5, 0.6) is 0 Å². The standard InChI is InChI=1S/C22H30N4O.HI/c1-5-23-22(24-15-14-18-8-6-17(2)7-9-18)25-16-19-10-12-20(13-11-19)21(27)26(3)4;/h6-13H,5,14-16H2,1-4H3,(H2,23,24,25);1H. The van der Waals surface area contributed by atoms with E-state index in [1.54, 1.807) is 19.0 Å². The molecule has 0 atom stereocenters. The lowest BCUT2D eigenvalue weighted by Crippen LogP contribution is -2.38. The van der Waals surface area contributed by atoms with E-state index in [9.17, 15) is 4.79 Å². The number of nitrogens with zero attached hydrogens (tertiary/aromatic N) is 2. The van der Waals surface area contributed by atoms with Gasteiger partial charge in [-0.1, -0.05) is 42.0 Å². The molecule has 2 N–H and O–H groups in total. The van der Waals surface area contributed by atoms with Gasteiger partial charge in [-0.25, -0.2) is 4.99 Å². The van der Waals surface area contributed by atoms with Crippen LogP contribution >= 0.6 is 24.0 Å². The van der Waals surface area contributed by atoms with Crippen molar-refractivity contribution in [1.29, 1.82) is 0 Å². The molecule has 0 unspecified atom stereocenters. The molecule has 0 saturated heterocycles. The minimum atomic E-state index is 0. The topological polar surface area (TPSA) is 56.7 Å². The highest BCUT2D eigenvalue weighted by molar-refractivity contribution is 14.0. The van der Waals surface area contributed by atoms with Gasteiger partial charge in [0, 0.05) is 32.7 Å². The highest BCUT2D eigenvalue weighted by atomic mass is 127. The van der Waals surface area contributed by atoms with Gasteiger partial charge in [-0.05, 0) is 43.5 Å². The Morgan fingerprint density at radius 1 is 0.964 bits per heavy atom. The predicted molar refractivity (Wildman–Crippen MR) is 128 cm³/mol. The number of amides is 1. The Hall–Kier alpha value is -2.09. The number of hydrogen-bond donors (Lipinski definition) is 2. The summed E-state index contributed by atoms with van der Waals surface area (Å²) in [6, 6.07) is 16.2. The first-order valence-corrected chi connectivity index (χ1v) is 9.38. The molecule has 2 aromatic carbocycles. The highest BCUT2D eigenvalue weighted by Crippen LogP contribution is 2.07. The molecule has 0 aliphatic rings. The summed E-state index contributed by atoms with van der Waals surface area (Å²) < 4.78 is 0. The maximum absolute atomic E-state index is 11.9. The van der Waals surface area contributed by atoms with Gasteiger partial charge in [-0.3, -0.25) is 4.79 Å². The SMILES string of the molecule is CCNC(=NCc1ccc(C(=O)N(C)C)cc1)NCCc1ccc(C)cc1.I. The molecule has 6 heteroatoms. The maximum atomic E-state index is 11.9. The molecule has 0 aromatic heterocycles. The van der Waals surface area contributed by atoms with Crippen LogP contribution < -0.4 is 10.6 Å². The number of carbonyl (C=O) groups is 1.